The maximum absolute atomic E-state index is 13.6. The molecule has 0 heterocycles. The van der Waals surface area contributed by atoms with Gasteiger partial charge in [-0.1, -0.05) is 287 Å². The molecule has 1 amide bonds. The summed E-state index contributed by atoms with van der Waals surface area (Å²) in [5.74, 6) is -0.535. The minimum Gasteiger partial charge on any atom is -0.456 e. The van der Waals surface area contributed by atoms with E-state index in [-0.39, 0.29) is 31.5 Å². The number of unbranched alkanes of at least 4 members (excludes halogenated alkanes) is 34. The fraction of sp³-hybridized carbons (Fsp3) is 0.797. The normalized spacial score (nSPS) is 14.1. The van der Waals surface area contributed by atoms with Gasteiger partial charge < -0.3 is 19.4 Å². The van der Waals surface area contributed by atoms with Crippen LogP contribution in [0.3, 0.4) is 0 Å². The molecule has 0 aliphatic rings. The summed E-state index contributed by atoms with van der Waals surface area (Å²) in [5.41, 5.74) is 0. The fourth-order valence-electron chi connectivity index (χ4n) is 9.56. The molecule has 460 valence electrons. The van der Waals surface area contributed by atoms with Crippen LogP contribution in [0, 0.1) is 0 Å². The maximum Gasteiger partial charge on any atom is 0.472 e. The first-order chi connectivity index (χ1) is 38.4. The molecule has 3 atom stereocenters. The van der Waals surface area contributed by atoms with Crippen LogP contribution < -0.4 is 5.32 Å². The van der Waals surface area contributed by atoms with Gasteiger partial charge in [0.15, 0.2) is 0 Å². The number of likely N-dealkylation sites (N-methyl/N-ethyl adjacent to an activating group) is 1. The molecule has 0 bridgehead atoms. The van der Waals surface area contributed by atoms with Crippen LogP contribution in [-0.2, 0) is 27.9 Å². The Hall–Kier alpha value is -2.55. The number of nitrogens with one attached hydrogen (secondary N) is 1. The molecule has 0 aliphatic carbocycles. The van der Waals surface area contributed by atoms with E-state index in [0.29, 0.717) is 23.9 Å². The standard InChI is InChI=1S/C69H127N2O7P/c1-7-10-13-16-19-22-25-27-29-31-33-34-35-36-38-39-41-43-46-49-52-55-58-61-68(72)70-66(65-77-79(74,75)76-64-63-71(4,5)6)67(60-57-54-51-48-45-24-21-18-15-12-9-3)78-69(73)62-59-56-53-50-47-44-42-40-37-32-30-28-26-23-20-17-14-11-8-2/h11,14,20,23,28,30,37,40,44,47,57,60,66-67H,7-10,12-13,15-19,21-22,24-27,29,31-36,38-39,41-43,45-46,48-56,58-59,61-65H2,1-6H3,(H-,70,72,74,75)/p+1/b14-11-,23-20-,30-28-,40-37-,47-44-,60-57+. The van der Waals surface area contributed by atoms with Crippen molar-refractivity contribution in [2.75, 3.05) is 40.9 Å². The van der Waals surface area contributed by atoms with E-state index in [1.807, 2.05) is 33.3 Å². The molecule has 79 heavy (non-hydrogen) atoms. The molecule has 0 rings (SSSR count). The number of nitrogens with zero attached hydrogens (tertiary/aromatic N) is 1. The van der Waals surface area contributed by atoms with Crippen LogP contribution in [0.25, 0.3) is 0 Å². The van der Waals surface area contributed by atoms with E-state index in [2.05, 4.69) is 86.8 Å². The van der Waals surface area contributed by atoms with Gasteiger partial charge >= 0.3 is 13.8 Å². The van der Waals surface area contributed by atoms with Gasteiger partial charge in [0.25, 0.3) is 0 Å². The molecule has 0 spiro atoms. The van der Waals surface area contributed by atoms with Gasteiger partial charge in [-0.15, -0.1) is 0 Å². The molecule has 0 radical (unpaired) electrons. The first-order valence-corrected chi connectivity index (χ1v) is 34.8. The SMILES string of the molecule is CC/C=C\C/C=C\C/C=C\C/C=C\C/C=C\CCCCCC(=O)OC(/C=C/CCCCCCCCCCC)C(COP(=O)(O)OCC[N+](C)(C)C)NC(=O)CCCCCCCCCCCCCCCCCCCCCCCCC. The van der Waals surface area contributed by atoms with Crippen LogP contribution in [0.15, 0.2) is 72.9 Å². The van der Waals surface area contributed by atoms with Crippen LogP contribution in [0.5, 0.6) is 0 Å². The van der Waals surface area contributed by atoms with Crippen LogP contribution in [0.4, 0.5) is 0 Å². The van der Waals surface area contributed by atoms with Crippen molar-refractivity contribution in [2.24, 2.45) is 0 Å². The van der Waals surface area contributed by atoms with E-state index in [1.165, 1.54) is 173 Å². The van der Waals surface area contributed by atoms with Crippen molar-refractivity contribution in [1.82, 2.24) is 5.32 Å². The minimum absolute atomic E-state index is 0.0337. The van der Waals surface area contributed by atoms with Crippen molar-refractivity contribution in [3.05, 3.63) is 72.9 Å². The number of ether oxygens (including phenoxy) is 1. The van der Waals surface area contributed by atoms with E-state index in [1.54, 1.807) is 0 Å². The highest BCUT2D eigenvalue weighted by atomic mass is 31.2. The Kier molecular flexibility index (Phi) is 56.7. The summed E-state index contributed by atoms with van der Waals surface area (Å²) in [6, 6.07) is -0.863. The first-order valence-electron chi connectivity index (χ1n) is 33.3. The Morgan fingerprint density at radius 3 is 1.23 bits per heavy atom. The van der Waals surface area contributed by atoms with Crippen molar-refractivity contribution in [1.29, 1.82) is 0 Å². The second-order valence-corrected chi connectivity index (χ2v) is 25.1. The molecule has 0 aromatic carbocycles. The summed E-state index contributed by atoms with van der Waals surface area (Å²) >= 11 is 0. The highest BCUT2D eigenvalue weighted by Crippen LogP contribution is 2.43. The lowest BCUT2D eigenvalue weighted by Gasteiger charge is -2.27. The lowest BCUT2D eigenvalue weighted by Crippen LogP contribution is -2.47. The fourth-order valence-corrected chi connectivity index (χ4v) is 10.3. The number of carbonyl (C=O) groups is 2. The van der Waals surface area contributed by atoms with Crippen LogP contribution in [0.2, 0.25) is 0 Å². The van der Waals surface area contributed by atoms with Gasteiger partial charge in [0, 0.05) is 12.8 Å². The maximum atomic E-state index is 13.6. The summed E-state index contributed by atoms with van der Waals surface area (Å²) in [6.07, 6.45) is 76.3. The summed E-state index contributed by atoms with van der Waals surface area (Å²) in [4.78, 5) is 37.8. The largest absolute Gasteiger partial charge is 0.472 e. The Labute approximate surface area is 489 Å². The van der Waals surface area contributed by atoms with E-state index in [0.717, 1.165) is 89.9 Å². The van der Waals surface area contributed by atoms with Crippen LogP contribution in [-0.4, -0.2) is 74.3 Å². The number of hydrogen-bond donors (Lipinski definition) is 2. The van der Waals surface area contributed by atoms with Crippen LogP contribution >= 0.6 is 7.82 Å². The van der Waals surface area contributed by atoms with E-state index in [4.69, 9.17) is 13.8 Å². The molecular weight excluding hydrogens is 1000 g/mol. The lowest BCUT2D eigenvalue weighted by molar-refractivity contribution is -0.870. The van der Waals surface area contributed by atoms with Gasteiger partial charge in [-0.2, -0.15) is 0 Å². The quantitative estimate of drug-likeness (QED) is 0.0205. The number of esters is 1. The van der Waals surface area contributed by atoms with Crippen molar-refractivity contribution in [2.45, 2.75) is 315 Å². The molecule has 0 aliphatic heterocycles. The number of phosphoric ester groups is 1. The Bertz CT molecular complexity index is 1580. The number of carbonyl (C=O) groups excluding carboxylic acids is 2. The van der Waals surface area contributed by atoms with Gasteiger partial charge in [0.2, 0.25) is 5.91 Å². The molecule has 0 fully saturated rings. The zero-order valence-electron chi connectivity index (χ0n) is 52.6. The number of allylic oxidation sites excluding steroid dienone is 11. The topological polar surface area (TPSA) is 111 Å². The highest BCUT2D eigenvalue weighted by molar-refractivity contribution is 7.47. The van der Waals surface area contributed by atoms with Gasteiger partial charge in [-0.3, -0.25) is 18.6 Å². The zero-order valence-corrected chi connectivity index (χ0v) is 53.5. The van der Waals surface area contributed by atoms with E-state index < -0.39 is 20.0 Å². The monoisotopic (exact) mass is 1130 g/mol. The third kappa shape index (κ3) is 59.9. The summed E-state index contributed by atoms with van der Waals surface area (Å²) < 4.78 is 30.7. The molecule has 9 nitrogen and oxygen atoms in total. The molecule has 0 aromatic heterocycles. The highest BCUT2D eigenvalue weighted by Gasteiger charge is 2.30. The Balaban J connectivity index is 5.14. The van der Waals surface area contributed by atoms with Crippen molar-refractivity contribution in [3.8, 4) is 0 Å². The summed E-state index contributed by atoms with van der Waals surface area (Å²) in [5, 5.41) is 3.06. The first kappa shape index (κ1) is 76.5. The Morgan fingerprint density at radius 2 is 0.810 bits per heavy atom. The summed E-state index contributed by atoms with van der Waals surface area (Å²) in [6.45, 7) is 6.90. The second-order valence-electron chi connectivity index (χ2n) is 23.6. The van der Waals surface area contributed by atoms with Gasteiger partial charge in [-0.05, 0) is 76.7 Å². The zero-order chi connectivity index (χ0) is 57.9. The molecule has 0 aromatic rings. The van der Waals surface area contributed by atoms with Crippen molar-refractivity contribution >= 4 is 19.7 Å². The van der Waals surface area contributed by atoms with Crippen molar-refractivity contribution < 1.29 is 37.3 Å². The number of quaternary nitrogens is 1. The van der Waals surface area contributed by atoms with E-state index >= 15 is 0 Å². The third-order valence-corrected chi connectivity index (χ3v) is 15.6. The smallest absolute Gasteiger partial charge is 0.456 e. The number of hydrogen-bond acceptors (Lipinski definition) is 6. The Morgan fingerprint density at radius 1 is 0.456 bits per heavy atom. The predicted octanol–water partition coefficient (Wildman–Crippen LogP) is 20.8. The average Bonchev–Trinajstić information content (AvgIpc) is 3.41. The number of amides is 1. The third-order valence-electron chi connectivity index (χ3n) is 14.7. The molecule has 3 unspecified atom stereocenters. The molecular formula is C69H128N2O7P+. The molecule has 2 N–H and O–H groups in total. The summed E-state index contributed by atoms with van der Waals surface area (Å²) in [7, 11) is 1.48. The molecule has 0 saturated carbocycles. The van der Waals surface area contributed by atoms with Gasteiger partial charge in [-0.25, -0.2) is 4.57 Å². The van der Waals surface area contributed by atoms with Gasteiger partial charge in [0.05, 0.1) is 33.8 Å². The van der Waals surface area contributed by atoms with E-state index in [9.17, 15) is 19.0 Å². The molecule has 10 heteroatoms. The number of rotatable bonds is 60. The number of phosphoric acid groups is 1. The van der Waals surface area contributed by atoms with Crippen molar-refractivity contribution in [3.63, 3.8) is 0 Å². The van der Waals surface area contributed by atoms with Gasteiger partial charge in [0.1, 0.15) is 19.3 Å². The minimum atomic E-state index is -4.46. The predicted molar refractivity (Wildman–Crippen MR) is 341 cm³/mol. The second kappa shape index (κ2) is 58.6. The van der Waals surface area contributed by atoms with Crippen LogP contribution in [0.1, 0.15) is 303 Å². The molecule has 0 saturated heterocycles. The lowest BCUT2D eigenvalue weighted by atomic mass is 10.0. The average molecular weight is 1130 g/mol.